The highest BCUT2D eigenvalue weighted by Crippen LogP contribution is 2.47. The van der Waals surface area contributed by atoms with Gasteiger partial charge in [-0.25, -0.2) is 0 Å². The highest BCUT2D eigenvalue weighted by Gasteiger charge is 2.57. The lowest BCUT2D eigenvalue weighted by atomic mass is 9.86. The topological polar surface area (TPSA) is 110 Å². The zero-order chi connectivity index (χ0) is 18.7. The molecule has 3 rings (SSSR count). The average molecular weight is 355 g/mol. The predicted octanol–water partition coefficient (Wildman–Crippen LogP) is 2.91. The van der Waals surface area contributed by atoms with Crippen molar-refractivity contribution in [2.45, 2.75) is 24.8 Å². The van der Waals surface area contributed by atoms with Gasteiger partial charge >= 0.3 is 11.9 Å². The van der Waals surface area contributed by atoms with Gasteiger partial charge in [0.25, 0.3) is 0 Å². The first kappa shape index (κ1) is 17.9. The molecule has 1 fully saturated rings. The molecule has 0 aromatic heterocycles. The van der Waals surface area contributed by atoms with E-state index in [0.717, 1.165) is 5.56 Å². The Morgan fingerprint density at radius 2 is 1.77 bits per heavy atom. The second-order valence-electron chi connectivity index (χ2n) is 6.69. The van der Waals surface area contributed by atoms with E-state index in [1.54, 1.807) is 0 Å². The zero-order valence-electron chi connectivity index (χ0n) is 14.2. The molecule has 2 aromatic carbocycles. The average Bonchev–Trinajstić information content (AvgIpc) is 3.42. The third kappa shape index (κ3) is 3.86. The number of para-hydroxylation sites is 1. The Morgan fingerprint density at radius 1 is 1.08 bits per heavy atom. The minimum atomic E-state index is -1.53. The molecule has 0 heterocycles. The summed E-state index contributed by atoms with van der Waals surface area (Å²) in [5.41, 5.74) is 5.45. The van der Waals surface area contributed by atoms with Crippen LogP contribution in [0.4, 0.5) is 0 Å². The highest BCUT2D eigenvalue weighted by atomic mass is 16.5. The van der Waals surface area contributed by atoms with E-state index in [0.29, 0.717) is 24.3 Å². The largest absolute Gasteiger partial charge is 0.481 e. The summed E-state index contributed by atoms with van der Waals surface area (Å²) in [5, 5.41) is 18.6. The van der Waals surface area contributed by atoms with Crippen LogP contribution in [-0.4, -0.2) is 27.7 Å². The van der Waals surface area contributed by atoms with E-state index < -0.39 is 29.3 Å². The highest BCUT2D eigenvalue weighted by molar-refractivity contribution is 5.83. The molecule has 0 amide bonds. The van der Waals surface area contributed by atoms with E-state index in [1.165, 1.54) is 0 Å². The Morgan fingerprint density at radius 3 is 2.38 bits per heavy atom. The Labute approximate surface area is 151 Å². The molecule has 0 aliphatic heterocycles. The number of hydrogen-bond acceptors (Lipinski definition) is 4. The van der Waals surface area contributed by atoms with Crippen molar-refractivity contribution in [3.05, 3.63) is 60.2 Å². The molecule has 0 bridgehead atoms. The van der Waals surface area contributed by atoms with Crippen molar-refractivity contribution in [1.29, 1.82) is 0 Å². The number of carboxylic acids is 2. The minimum absolute atomic E-state index is 0.172. The van der Waals surface area contributed by atoms with Crippen molar-refractivity contribution in [2.75, 3.05) is 0 Å². The molecule has 26 heavy (non-hydrogen) atoms. The zero-order valence-corrected chi connectivity index (χ0v) is 14.2. The van der Waals surface area contributed by atoms with Crippen LogP contribution in [-0.2, 0) is 16.0 Å². The number of aliphatic carboxylic acids is 2. The number of carbonyl (C=O) groups is 2. The molecule has 4 N–H and O–H groups in total. The van der Waals surface area contributed by atoms with Gasteiger partial charge in [-0.15, -0.1) is 0 Å². The number of rotatable bonds is 8. The number of aryl methyl sites for hydroxylation is 1. The molecule has 0 saturated heterocycles. The molecule has 1 saturated carbocycles. The van der Waals surface area contributed by atoms with Crippen LogP contribution in [0.2, 0.25) is 0 Å². The van der Waals surface area contributed by atoms with Crippen molar-refractivity contribution >= 4 is 11.9 Å². The van der Waals surface area contributed by atoms with Crippen molar-refractivity contribution in [2.24, 2.45) is 17.6 Å². The van der Waals surface area contributed by atoms with Gasteiger partial charge in [-0.3, -0.25) is 9.59 Å². The first-order valence-electron chi connectivity index (χ1n) is 8.47. The van der Waals surface area contributed by atoms with Gasteiger partial charge in [-0.05, 0) is 49.1 Å². The predicted molar refractivity (Wildman–Crippen MR) is 95.1 cm³/mol. The fourth-order valence-corrected chi connectivity index (χ4v) is 3.23. The summed E-state index contributed by atoms with van der Waals surface area (Å²) in [6.45, 7) is 0. The molecule has 3 unspecified atom stereocenters. The van der Waals surface area contributed by atoms with E-state index in [4.69, 9.17) is 15.6 Å². The molecule has 1 aliphatic carbocycles. The minimum Gasteiger partial charge on any atom is -0.481 e. The van der Waals surface area contributed by atoms with Crippen LogP contribution in [0.1, 0.15) is 18.4 Å². The van der Waals surface area contributed by atoms with Crippen LogP contribution in [0.25, 0.3) is 0 Å². The number of carboxylic acid groups (broad SMARTS) is 2. The van der Waals surface area contributed by atoms with Gasteiger partial charge in [-0.1, -0.05) is 30.3 Å². The van der Waals surface area contributed by atoms with Crippen molar-refractivity contribution in [1.82, 2.24) is 0 Å². The lowest BCUT2D eigenvalue weighted by Crippen LogP contribution is -2.51. The van der Waals surface area contributed by atoms with E-state index in [2.05, 4.69) is 0 Å². The van der Waals surface area contributed by atoms with Crippen molar-refractivity contribution in [3.8, 4) is 11.5 Å². The van der Waals surface area contributed by atoms with Crippen LogP contribution in [0.3, 0.4) is 0 Å². The Balaban J connectivity index is 1.67. The molecule has 2 aromatic rings. The molecule has 136 valence electrons. The lowest BCUT2D eigenvalue weighted by Gasteiger charge is -2.25. The van der Waals surface area contributed by atoms with Gasteiger partial charge in [-0.2, -0.15) is 0 Å². The maximum absolute atomic E-state index is 11.7. The number of hydrogen-bond donors (Lipinski definition) is 3. The summed E-state index contributed by atoms with van der Waals surface area (Å²) >= 11 is 0. The number of nitrogens with two attached hydrogens (primary N) is 1. The molecular formula is C20H21NO5. The fraction of sp³-hybridized carbons (Fsp3) is 0.300. The summed E-state index contributed by atoms with van der Waals surface area (Å²) in [6.07, 6.45) is 0.915. The van der Waals surface area contributed by atoms with Crippen LogP contribution in [0.15, 0.2) is 54.6 Å². The first-order valence-corrected chi connectivity index (χ1v) is 8.47. The van der Waals surface area contributed by atoms with Crippen LogP contribution < -0.4 is 10.5 Å². The number of ether oxygens (including phenoxy) is 1. The van der Waals surface area contributed by atoms with Gasteiger partial charge in [0.1, 0.15) is 17.0 Å². The summed E-state index contributed by atoms with van der Waals surface area (Å²) in [4.78, 5) is 22.7. The van der Waals surface area contributed by atoms with Crippen LogP contribution >= 0.6 is 0 Å². The van der Waals surface area contributed by atoms with Crippen LogP contribution in [0, 0.1) is 11.8 Å². The second-order valence-corrected chi connectivity index (χ2v) is 6.69. The van der Waals surface area contributed by atoms with Crippen molar-refractivity contribution in [3.63, 3.8) is 0 Å². The van der Waals surface area contributed by atoms with Gasteiger partial charge in [0.15, 0.2) is 0 Å². The third-order valence-electron chi connectivity index (χ3n) is 4.87. The maximum Gasteiger partial charge on any atom is 0.324 e. The van der Waals surface area contributed by atoms with E-state index in [9.17, 15) is 14.7 Å². The Bertz CT molecular complexity index is 807. The Hall–Kier alpha value is -2.86. The third-order valence-corrected chi connectivity index (χ3v) is 4.87. The SMILES string of the molecule is NC(CCc1cccc(Oc2ccccc2)c1)(C(=O)O)C1CC1C(=O)O. The molecular weight excluding hydrogens is 334 g/mol. The first-order chi connectivity index (χ1) is 12.4. The monoisotopic (exact) mass is 355 g/mol. The van der Waals surface area contributed by atoms with Gasteiger partial charge in [0, 0.05) is 5.92 Å². The molecule has 1 aliphatic rings. The maximum atomic E-state index is 11.7. The molecule has 6 heteroatoms. The summed E-state index contributed by atoms with van der Waals surface area (Å²) < 4.78 is 5.78. The molecule has 0 radical (unpaired) electrons. The normalized spacial score (nSPS) is 20.8. The summed E-state index contributed by atoms with van der Waals surface area (Å²) in [5.74, 6) is -1.95. The van der Waals surface area contributed by atoms with E-state index in [1.807, 2.05) is 54.6 Å². The van der Waals surface area contributed by atoms with Gasteiger partial charge < -0.3 is 20.7 Å². The molecule has 0 spiro atoms. The quantitative estimate of drug-likeness (QED) is 0.671. The fourth-order valence-electron chi connectivity index (χ4n) is 3.23. The summed E-state index contributed by atoms with van der Waals surface area (Å²) in [6, 6.07) is 16.7. The van der Waals surface area contributed by atoms with Gasteiger partial charge in [0.05, 0.1) is 5.92 Å². The van der Waals surface area contributed by atoms with Crippen LogP contribution in [0.5, 0.6) is 11.5 Å². The summed E-state index contributed by atoms with van der Waals surface area (Å²) in [7, 11) is 0. The van der Waals surface area contributed by atoms with Gasteiger partial charge in [0.2, 0.25) is 0 Å². The standard InChI is InChI=1S/C20H21NO5/c21-20(19(24)25,17-12-16(17)18(22)23)10-9-13-5-4-8-15(11-13)26-14-6-2-1-3-7-14/h1-8,11,16-17H,9-10,12,21H2,(H,22,23)(H,24,25). The second kappa shape index (κ2) is 7.17. The molecule has 3 atom stereocenters. The molecule has 6 nitrogen and oxygen atoms in total. The van der Waals surface area contributed by atoms with E-state index in [-0.39, 0.29) is 6.42 Å². The number of benzene rings is 2. The smallest absolute Gasteiger partial charge is 0.324 e. The Kier molecular flexibility index (Phi) is 4.95. The lowest BCUT2D eigenvalue weighted by molar-refractivity contribution is -0.145. The van der Waals surface area contributed by atoms with Crippen molar-refractivity contribution < 1.29 is 24.5 Å². The van der Waals surface area contributed by atoms with E-state index >= 15 is 0 Å².